The molecule has 2 N–H and O–H groups in total. The fraction of sp³-hybridized carbons (Fsp3) is 0.944. The van der Waals surface area contributed by atoms with Gasteiger partial charge in [-0.15, -0.1) is 0 Å². The van der Waals surface area contributed by atoms with Crippen molar-refractivity contribution in [1.29, 1.82) is 0 Å². The van der Waals surface area contributed by atoms with Crippen LogP contribution in [0, 0.1) is 5.92 Å². The molecule has 0 bridgehead atoms. The van der Waals surface area contributed by atoms with E-state index in [1.807, 2.05) is 6.92 Å². The molecular weight excluding hydrogens is 366 g/mol. The van der Waals surface area contributed by atoms with Crippen LogP contribution in [0.3, 0.4) is 0 Å². The Morgan fingerprint density at radius 2 is 1.89 bits per heavy atom. The van der Waals surface area contributed by atoms with E-state index in [4.69, 9.17) is 9.73 Å². The highest BCUT2D eigenvalue weighted by Gasteiger charge is 2.23. The number of sulfonamides is 1. The third kappa shape index (κ3) is 8.76. The SMILES string of the molecule is CCNC(=NCC(C(C)C)N1CCOCC1)NCCCN(C)S(=O)(=O)CC. The quantitative estimate of drug-likeness (QED) is 0.297. The lowest BCUT2D eigenvalue weighted by Gasteiger charge is -2.36. The topological polar surface area (TPSA) is 86.3 Å². The van der Waals surface area contributed by atoms with Crippen molar-refractivity contribution in [3.05, 3.63) is 0 Å². The van der Waals surface area contributed by atoms with Crippen LogP contribution in [0.1, 0.15) is 34.1 Å². The Balaban J connectivity index is 2.52. The van der Waals surface area contributed by atoms with Crippen molar-refractivity contribution < 1.29 is 13.2 Å². The van der Waals surface area contributed by atoms with Gasteiger partial charge in [0.2, 0.25) is 10.0 Å². The van der Waals surface area contributed by atoms with E-state index in [-0.39, 0.29) is 5.75 Å². The summed E-state index contributed by atoms with van der Waals surface area (Å²) in [5.74, 6) is 1.44. The van der Waals surface area contributed by atoms with Crippen molar-refractivity contribution in [3.8, 4) is 0 Å². The molecule has 1 fully saturated rings. The summed E-state index contributed by atoms with van der Waals surface area (Å²) in [5, 5.41) is 6.59. The molecule has 9 heteroatoms. The molecule has 0 aromatic rings. The minimum absolute atomic E-state index is 0.138. The molecule has 1 rings (SSSR count). The van der Waals surface area contributed by atoms with Gasteiger partial charge in [-0.2, -0.15) is 0 Å². The number of rotatable bonds is 11. The Bertz CT molecular complexity index is 533. The monoisotopic (exact) mass is 405 g/mol. The van der Waals surface area contributed by atoms with Crippen molar-refractivity contribution in [3.63, 3.8) is 0 Å². The zero-order valence-corrected chi connectivity index (χ0v) is 18.5. The summed E-state index contributed by atoms with van der Waals surface area (Å²) in [7, 11) is -1.48. The van der Waals surface area contributed by atoms with Crippen LogP contribution in [-0.4, -0.2) is 94.9 Å². The van der Waals surface area contributed by atoms with E-state index in [1.165, 1.54) is 4.31 Å². The summed E-state index contributed by atoms with van der Waals surface area (Å²) in [4.78, 5) is 7.24. The molecule has 0 aliphatic carbocycles. The maximum Gasteiger partial charge on any atom is 0.213 e. The van der Waals surface area contributed by atoms with E-state index < -0.39 is 10.0 Å². The van der Waals surface area contributed by atoms with Gasteiger partial charge in [-0.05, 0) is 26.2 Å². The summed E-state index contributed by atoms with van der Waals surface area (Å²) in [5.41, 5.74) is 0. The lowest BCUT2D eigenvalue weighted by Crippen LogP contribution is -2.48. The summed E-state index contributed by atoms with van der Waals surface area (Å²) >= 11 is 0. The molecule has 0 aromatic carbocycles. The van der Waals surface area contributed by atoms with Gasteiger partial charge in [0.1, 0.15) is 0 Å². The Kier molecular flexibility index (Phi) is 11.2. The van der Waals surface area contributed by atoms with Crippen LogP contribution in [0.25, 0.3) is 0 Å². The maximum atomic E-state index is 11.8. The molecule has 1 aliphatic heterocycles. The van der Waals surface area contributed by atoms with Crippen LogP contribution in [0.5, 0.6) is 0 Å². The van der Waals surface area contributed by atoms with Crippen LogP contribution in [0.4, 0.5) is 0 Å². The number of hydrogen-bond donors (Lipinski definition) is 2. The van der Waals surface area contributed by atoms with Crippen molar-refractivity contribution in [2.24, 2.45) is 10.9 Å². The van der Waals surface area contributed by atoms with Crippen molar-refractivity contribution in [2.45, 2.75) is 40.2 Å². The molecule has 1 saturated heterocycles. The number of hydrogen-bond acceptors (Lipinski definition) is 5. The summed E-state index contributed by atoms with van der Waals surface area (Å²) in [6, 6.07) is 0.394. The van der Waals surface area contributed by atoms with Gasteiger partial charge in [0.05, 0.1) is 25.5 Å². The first-order valence-electron chi connectivity index (χ1n) is 10.1. The predicted molar refractivity (Wildman–Crippen MR) is 112 cm³/mol. The highest BCUT2D eigenvalue weighted by molar-refractivity contribution is 7.89. The first-order chi connectivity index (χ1) is 12.8. The second kappa shape index (κ2) is 12.5. The van der Waals surface area contributed by atoms with Crippen LogP contribution >= 0.6 is 0 Å². The van der Waals surface area contributed by atoms with E-state index >= 15 is 0 Å². The number of nitrogens with zero attached hydrogens (tertiary/aromatic N) is 3. The average Bonchev–Trinajstić information content (AvgIpc) is 2.65. The molecule has 0 amide bonds. The standard InChI is InChI=1S/C18H39N5O3S/c1-6-19-18(20-9-8-10-22(5)27(24,25)7-2)21-15-17(16(3)4)23-11-13-26-14-12-23/h16-17H,6-15H2,1-5H3,(H2,19,20,21). The van der Waals surface area contributed by atoms with Gasteiger partial charge < -0.3 is 15.4 Å². The highest BCUT2D eigenvalue weighted by Crippen LogP contribution is 2.13. The number of aliphatic imine (C=N–C) groups is 1. The largest absolute Gasteiger partial charge is 0.379 e. The predicted octanol–water partition coefficient (Wildman–Crippen LogP) is 0.570. The molecule has 8 nitrogen and oxygen atoms in total. The molecule has 0 aromatic heterocycles. The fourth-order valence-corrected chi connectivity index (χ4v) is 3.90. The minimum Gasteiger partial charge on any atom is -0.379 e. The molecule has 1 atom stereocenters. The van der Waals surface area contributed by atoms with E-state index in [1.54, 1.807) is 14.0 Å². The van der Waals surface area contributed by atoms with Crippen molar-refractivity contribution in [2.75, 3.05) is 65.3 Å². The van der Waals surface area contributed by atoms with E-state index in [0.29, 0.717) is 25.0 Å². The lowest BCUT2D eigenvalue weighted by molar-refractivity contribution is 0.00867. The number of morpholine rings is 1. The Hall–Kier alpha value is -0.900. The molecule has 0 saturated carbocycles. The molecule has 1 aliphatic rings. The van der Waals surface area contributed by atoms with Gasteiger partial charge in [-0.1, -0.05) is 13.8 Å². The van der Waals surface area contributed by atoms with Crippen LogP contribution in [0.15, 0.2) is 4.99 Å². The van der Waals surface area contributed by atoms with Gasteiger partial charge in [0.15, 0.2) is 5.96 Å². The molecule has 160 valence electrons. The van der Waals surface area contributed by atoms with Crippen LogP contribution in [-0.2, 0) is 14.8 Å². The number of guanidine groups is 1. The van der Waals surface area contributed by atoms with E-state index in [0.717, 1.165) is 51.8 Å². The fourth-order valence-electron chi connectivity index (χ4n) is 3.05. The second-order valence-corrected chi connectivity index (χ2v) is 9.55. The first kappa shape index (κ1) is 24.1. The minimum atomic E-state index is -3.11. The maximum absolute atomic E-state index is 11.8. The first-order valence-corrected chi connectivity index (χ1v) is 11.7. The second-order valence-electron chi connectivity index (χ2n) is 7.18. The molecule has 27 heavy (non-hydrogen) atoms. The van der Waals surface area contributed by atoms with Crippen LogP contribution < -0.4 is 10.6 Å². The average molecular weight is 406 g/mol. The van der Waals surface area contributed by atoms with Gasteiger partial charge >= 0.3 is 0 Å². The Morgan fingerprint density at radius 3 is 2.44 bits per heavy atom. The smallest absolute Gasteiger partial charge is 0.213 e. The zero-order valence-electron chi connectivity index (χ0n) is 17.7. The highest BCUT2D eigenvalue weighted by atomic mass is 32.2. The summed E-state index contributed by atoms with van der Waals surface area (Å²) in [6.45, 7) is 14.4. The lowest BCUT2D eigenvalue weighted by atomic mass is 10.0. The summed E-state index contributed by atoms with van der Waals surface area (Å²) in [6.07, 6.45) is 0.733. The van der Waals surface area contributed by atoms with Crippen molar-refractivity contribution >= 4 is 16.0 Å². The zero-order chi connectivity index (χ0) is 20.3. The Labute approximate surface area is 165 Å². The van der Waals surface area contributed by atoms with Gasteiger partial charge in [-0.25, -0.2) is 12.7 Å². The molecular formula is C18H39N5O3S. The van der Waals surface area contributed by atoms with E-state index in [9.17, 15) is 8.42 Å². The Morgan fingerprint density at radius 1 is 1.22 bits per heavy atom. The molecule has 1 unspecified atom stereocenters. The normalized spacial score (nSPS) is 18.1. The third-order valence-corrected chi connectivity index (χ3v) is 6.71. The number of nitrogens with one attached hydrogen (secondary N) is 2. The molecule has 0 spiro atoms. The number of ether oxygens (including phenoxy) is 1. The van der Waals surface area contributed by atoms with Crippen molar-refractivity contribution in [1.82, 2.24) is 19.8 Å². The van der Waals surface area contributed by atoms with Gasteiger partial charge in [0, 0.05) is 45.8 Å². The van der Waals surface area contributed by atoms with E-state index in [2.05, 4.69) is 29.4 Å². The third-order valence-electron chi connectivity index (χ3n) is 4.85. The van der Waals surface area contributed by atoms with Crippen LogP contribution in [0.2, 0.25) is 0 Å². The van der Waals surface area contributed by atoms with Gasteiger partial charge in [0.25, 0.3) is 0 Å². The summed E-state index contributed by atoms with van der Waals surface area (Å²) < 4.78 is 30.4. The van der Waals surface area contributed by atoms with Gasteiger partial charge in [-0.3, -0.25) is 9.89 Å². The molecule has 1 heterocycles. The molecule has 0 radical (unpaired) electrons.